The van der Waals surface area contributed by atoms with Gasteiger partial charge in [0.2, 0.25) is 0 Å². The Hall–Kier alpha value is -1.19. The molecule has 0 saturated heterocycles. The van der Waals surface area contributed by atoms with Crippen LogP contribution in [0.4, 0.5) is 0 Å². The van der Waals surface area contributed by atoms with Crippen LogP contribution in [0.5, 0.6) is 0 Å². The quantitative estimate of drug-likeness (QED) is 0.876. The Morgan fingerprint density at radius 1 is 1.24 bits per heavy atom. The van der Waals surface area contributed by atoms with Crippen molar-refractivity contribution >= 4 is 11.3 Å². The maximum Gasteiger partial charge on any atom is 0.107 e. The van der Waals surface area contributed by atoms with E-state index in [1.807, 2.05) is 6.07 Å². The van der Waals surface area contributed by atoms with E-state index < -0.39 is 0 Å². The predicted molar refractivity (Wildman–Crippen MR) is 73.3 cm³/mol. The Labute approximate surface area is 107 Å². The van der Waals surface area contributed by atoms with Crippen molar-refractivity contribution in [3.05, 3.63) is 52.0 Å². The van der Waals surface area contributed by atoms with Gasteiger partial charge in [-0.15, -0.1) is 11.3 Å². The molecule has 0 fully saturated rings. The van der Waals surface area contributed by atoms with Crippen molar-refractivity contribution in [2.24, 2.45) is 0 Å². The molecular formula is C14H18N2S. The van der Waals surface area contributed by atoms with E-state index in [4.69, 9.17) is 0 Å². The van der Waals surface area contributed by atoms with Crippen molar-refractivity contribution in [3.63, 3.8) is 0 Å². The molecule has 2 aromatic rings. The SMILES string of the molecule is CC(C)NCc1nc(Cc2ccccc2)cs1. The molecule has 0 atom stereocenters. The second-order valence-corrected chi connectivity index (χ2v) is 5.37. The lowest BCUT2D eigenvalue weighted by Crippen LogP contribution is -2.21. The first-order chi connectivity index (χ1) is 8.24. The first-order valence-electron chi connectivity index (χ1n) is 5.94. The fourth-order valence-electron chi connectivity index (χ4n) is 1.61. The smallest absolute Gasteiger partial charge is 0.107 e. The van der Waals surface area contributed by atoms with Gasteiger partial charge in [0.25, 0.3) is 0 Å². The fourth-order valence-corrected chi connectivity index (χ4v) is 2.35. The van der Waals surface area contributed by atoms with Gasteiger partial charge in [-0.25, -0.2) is 4.98 Å². The van der Waals surface area contributed by atoms with E-state index >= 15 is 0 Å². The molecule has 0 spiro atoms. The summed E-state index contributed by atoms with van der Waals surface area (Å²) in [5.74, 6) is 0. The molecule has 0 aliphatic rings. The first-order valence-corrected chi connectivity index (χ1v) is 6.82. The molecule has 0 amide bonds. The molecule has 90 valence electrons. The highest BCUT2D eigenvalue weighted by Crippen LogP contribution is 2.13. The van der Waals surface area contributed by atoms with Crippen LogP contribution in [-0.4, -0.2) is 11.0 Å². The zero-order valence-corrected chi connectivity index (χ0v) is 11.1. The van der Waals surface area contributed by atoms with Gasteiger partial charge in [0.1, 0.15) is 5.01 Å². The molecule has 17 heavy (non-hydrogen) atoms. The number of aromatic nitrogens is 1. The third-order valence-electron chi connectivity index (χ3n) is 2.49. The second kappa shape index (κ2) is 5.94. The van der Waals surface area contributed by atoms with Gasteiger partial charge in [-0.1, -0.05) is 44.2 Å². The van der Waals surface area contributed by atoms with Gasteiger partial charge in [-0.2, -0.15) is 0 Å². The highest BCUT2D eigenvalue weighted by Gasteiger charge is 2.03. The Balaban J connectivity index is 1.94. The van der Waals surface area contributed by atoms with Crippen LogP contribution >= 0.6 is 11.3 Å². The van der Waals surface area contributed by atoms with Crippen LogP contribution < -0.4 is 5.32 Å². The number of hydrogen-bond acceptors (Lipinski definition) is 3. The lowest BCUT2D eigenvalue weighted by molar-refractivity contribution is 0.586. The second-order valence-electron chi connectivity index (χ2n) is 4.43. The Morgan fingerprint density at radius 3 is 2.71 bits per heavy atom. The highest BCUT2D eigenvalue weighted by molar-refractivity contribution is 7.09. The molecule has 1 aromatic heterocycles. The number of nitrogens with zero attached hydrogens (tertiary/aromatic N) is 1. The molecule has 1 heterocycles. The maximum atomic E-state index is 4.63. The summed E-state index contributed by atoms with van der Waals surface area (Å²) in [6, 6.07) is 11.0. The Bertz CT molecular complexity index is 448. The molecule has 1 N–H and O–H groups in total. The minimum atomic E-state index is 0.511. The molecule has 0 bridgehead atoms. The van der Waals surface area contributed by atoms with Crippen molar-refractivity contribution in [3.8, 4) is 0 Å². The molecule has 0 saturated carbocycles. The van der Waals surface area contributed by atoms with Gasteiger partial charge >= 0.3 is 0 Å². The summed E-state index contributed by atoms with van der Waals surface area (Å²) in [5, 5.41) is 6.71. The zero-order chi connectivity index (χ0) is 12.1. The van der Waals surface area contributed by atoms with Crippen LogP contribution in [0.15, 0.2) is 35.7 Å². The van der Waals surface area contributed by atoms with E-state index in [1.54, 1.807) is 11.3 Å². The van der Waals surface area contributed by atoms with Crippen molar-refractivity contribution in [1.82, 2.24) is 10.3 Å². The normalized spacial score (nSPS) is 11.0. The maximum absolute atomic E-state index is 4.63. The lowest BCUT2D eigenvalue weighted by atomic mass is 10.1. The monoisotopic (exact) mass is 246 g/mol. The van der Waals surface area contributed by atoms with Gasteiger partial charge in [0.15, 0.2) is 0 Å². The van der Waals surface area contributed by atoms with Crippen molar-refractivity contribution in [2.75, 3.05) is 0 Å². The van der Waals surface area contributed by atoms with Crippen LogP contribution in [0.2, 0.25) is 0 Å². The third kappa shape index (κ3) is 3.95. The first kappa shape index (κ1) is 12.3. The molecule has 2 nitrogen and oxygen atoms in total. The van der Waals surface area contributed by atoms with Gasteiger partial charge < -0.3 is 5.32 Å². The lowest BCUT2D eigenvalue weighted by Gasteiger charge is -2.04. The van der Waals surface area contributed by atoms with Gasteiger partial charge in [0, 0.05) is 24.4 Å². The Kier molecular flexibility index (Phi) is 4.29. The molecule has 0 unspecified atom stereocenters. The summed E-state index contributed by atoms with van der Waals surface area (Å²) in [7, 11) is 0. The molecule has 1 aromatic carbocycles. The number of nitrogens with one attached hydrogen (secondary N) is 1. The van der Waals surface area contributed by atoms with E-state index in [2.05, 4.69) is 53.8 Å². The molecule has 3 heteroatoms. The third-order valence-corrected chi connectivity index (χ3v) is 3.39. The van der Waals surface area contributed by atoms with Crippen LogP contribution in [0, 0.1) is 0 Å². The fraction of sp³-hybridized carbons (Fsp3) is 0.357. The van der Waals surface area contributed by atoms with Crippen LogP contribution in [0.1, 0.15) is 30.1 Å². The van der Waals surface area contributed by atoms with Crippen molar-refractivity contribution < 1.29 is 0 Å². The standard InChI is InChI=1S/C14H18N2S/c1-11(2)15-9-14-16-13(10-17-14)8-12-6-4-3-5-7-12/h3-7,10-11,15H,8-9H2,1-2H3. The van der Waals surface area contributed by atoms with Gasteiger partial charge in [0.05, 0.1) is 5.69 Å². The van der Waals surface area contributed by atoms with E-state index in [0.29, 0.717) is 6.04 Å². The summed E-state index contributed by atoms with van der Waals surface area (Å²) < 4.78 is 0. The number of benzene rings is 1. The minimum absolute atomic E-state index is 0.511. The zero-order valence-electron chi connectivity index (χ0n) is 10.3. The predicted octanol–water partition coefficient (Wildman–Crippen LogP) is 3.23. The van der Waals surface area contributed by atoms with E-state index in [9.17, 15) is 0 Å². The minimum Gasteiger partial charge on any atom is -0.308 e. The average Bonchev–Trinajstić information content (AvgIpc) is 2.75. The molecule has 2 rings (SSSR count). The summed E-state index contributed by atoms with van der Waals surface area (Å²) in [5.41, 5.74) is 2.49. The van der Waals surface area contributed by atoms with Crippen molar-refractivity contribution in [2.45, 2.75) is 32.9 Å². The van der Waals surface area contributed by atoms with Crippen LogP contribution in [0.25, 0.3) is 0 Å². The Morgan fingerprint density at radius 2 is 2.00 bits per heavy atom. The largest absolute Gasteiger partial charge is 0.308 e. The summed E-state index contributed by atoms with van der Waals surface area (Å²) in [6.07, 6.45) is 0.930. The van der Waals surface area contributed by atoms with E-state index in [1.165, 1.54) is 16.3 Å². The van der Waals surface area contributed by atoms with Crippen LogP contribution in [0.3, 0.4) is 0 Å². The molecule has 0 radical (unpaired) electrons. The molecule has 0 aliphatic carbocycles. The summed E-state index contributed by atoms with van der Waals surface area (Å²) in [6.45, 7) is 5.17. The summed E-state index contributed by atoms with van der Waals surface area (Å²) >= 11 is 1.74. The molecule has 0 aliphatic heterocycles. The van der Waals surface area contributed by atoms with Gasteiger partial charge in [-0.3, -0.25) is 0 Å². The summed E-state index contributed by atoms with van der Waals surface area (Å²) in [4.78, 5) is 4.63. The van der Waals surface area contributed by atoms with Crippen LogP contribution in [-0.2, 0) is 13.0 Å². The number of rotatable bonds is 5. The van der Waals surface area contributed by atoms with E-state index in [-0.39, 0.29) is 0 Å². The van der Waals surface area contributed by atoms with Crippen molar-refractivity contribution in [1.29, 1.82) is 0 Å². The van der Waals surface area contributed by atoms with Gasteiger partial charge in [-0.05, 0) is 5.56 Å². The highest BCUT2D eigenvalue weighted by atomic mass is 32.1. The number of hydrogen-bond donors (Lipinski definition) is 1. The molecular weight excluding hydrogens is 228 g/mol. The topological polar surface area (TPSA) is 24.9 Å². The number of thiazole rings is 1. The average molecular weight is 246 g/mol. The van der Waals surface area contributed by atoms with E-state index in [0.717, 1.165) is 13.0 Å².